The summed E-state index contributed by atoms with van der Waals surface area (Å²) in [4.78, 5) is 24.9. The molecule has 0 aliphatic carbocycles. The van der Waals surface area contributed by atoms with E-state index in [9.17, 15) is 9.59 Å². The van der Waals surface area contributed by atoms with Gasteiger partial charge in [-0.05, 0) is 31.2 Å². The van der Waals surface area contributed by atoms with Gasteiger partial charge in [-0.1, -0.05) is 35.9 Å². The minimum absolute atomic E-state index is 0.0520. The maximum absolute atomic E-state index is 12.5. The molecule has 0 amide bonds. The van der Waals surface area contributed by atoms with Crippen molar-refractivity contribution in [2.75, 3.05) is 12.4 Å². The Morgan fingerprint density at radius 2 is 1.85 bits per heavy atom. The zero-order valence-corrected chi connectivity index (χ0v) is 14.8. The van der Waals surface area contributed by atoms with E-state index >= 15 is 0 Å². The number of anilines is 1. The molecular formula is C21H17NO5. The number of rotatable bonds is 4. The number of para-hydroxylation sites is 1. The number of hydrogen-bond donors (Lipinski definition) is 1. The van der Waals surface area contributed by atoms with Crippen molar-refractivity contribution in [3.63, 3.8) is 0 Å². The minimum atomic E-state index is -0.967. The molecule has 1 atom stereocenters. The fourth-order valence-electron chi connectivity index (χ4n) is 3.02. The molecule has 0 radical (unpaired) electrons. The maximum Gasteiger partial charge on any atom is 0.356 e. The highest BCUT2D eigenvalue weighted by Gasteiger charge is 2.42. The second kappa shape index (κ2) is 6.64. The first kappa shape index (κ1) is 16.9. The number of carbonyl (C=O) groups is 2. The SMILES string of the molecule is COC(=O)C1=C(Nc2ccc(C)cc2)C(=O)OC1c1cc2ccccc2o1. The Kier molecular flexibility index (Phi) is 4.16. The number of methoxy groups -OCH3 is 1. The number of esters is 2. The molecule has 0 spiro atoms. The van der Waals surface area contributed by atoms with Crippen LogP contribution in [0.15, 0.2) is 70.3 Å². The van der Waals surface area contributed by atoms with Crippen LogP contribution in [0.4, 0.5) is 5.69 Å². The van der Waals surface area contributed by atoms with Crippen LogP contribution >= 0.6 is 0 Å². The second-order valence-electron chi connectivity index (χ2n) is 6.24. The van der Waals surface area contributed by atoms with Crippen molar-refractivity contribution in [1.29, 1.82) is 0 Å². The first-order valence-electron chi connectivity index (χ1n) is 8.42. The molecule has 136 valence electrons. The van der Waals surface area contributed by atoms with Crippen LogP contribution in [-0.4, -0.2) is 19.0 Å². The largest absolute Gasteiger partial charge is 0.465 e. The fraction of sp³-hybridized carbons (Fsp3) is 0.143. The molecule has 0 bridgehead atoms. The highest BCUT2D eigenvalue weighted by atomic mass is 16.6. The molecule has 2 heterocycles. The van der Waals surface area contributed by atoms with Crippen molar-refractivity contribution >= 4 is 28.6 Å². The van der Waals surface area contributed by atoms with Gasteiger partial charge in [-0.25, -0.2) is 9.59 Å². The Labute approximate surface area is 155 Å². The third-order valence-corrected chi connectivity index (χ3v) is 4.39. The average molecular weight is 363 g/mol. The van der Waals surface area contributed by atoms with E-state index in [2.05, 4.69) is 5.32 Å². The average Bonchev–Trinajstić information content (AvgIpc) is 3.24. The number of ether oxygens (including phenoxy) is 2. The monoisotopic (exact) mass is 363 g/mol. The standard InChI is InChI=1S/C21H17NO5/c1-12-7-9-14(10-8-12)22-18-17(20(23)25-2)19(27-21(18)24)16-11-13-5-3-4-6-15(13)26-16/h3-11,19,22H,1-2H3. The van der Waals surface area contributed by atoms with Crippen LogP contribution in [-0.2, 0) is 19.1 Å². The van der Waals surface area contributed by atoms with Crippen LogP contribution in [0.3, 0.4) is 0 Å². The van der Waals surface area contributed by atoms with E-state index < -0.39 is 18.0 Å². The van der Waals surface area contributed by atoms with Crippen LogP contribution in [0, 0.1) is 6.92 Å². The summed E-state index contributed by atoms with van der Waals surface area (Å²) in [5, 5.41) is 3.83. The molecule has 0 saturated heterocycles. The van der Waals surface area contributed by atoms with Crippen molar-refractivity contribution in [3.05, 3.63) is 77.2 Å². The number of benzene rings is 2. The Morgan fingerprint density at radius 1 is 1.11 bits per heavy atom. The molecule has 1 N–H and O–H groups in total. The number of aryl methyl sites for hydroxylation is 1. The predicted octanol–water partition coefficient (Wildman–Crippen LogP) is 3.88. The zero-order chi connectivity index (χ0) is 19.0. The van der Waals surface area contributed by atoms with Crippen molar-refractivity contribution < 1.29 is 23.5 Å². The van der Waals surface area contributed by atoms with E-state index in [0.29, 0.717) is 17.0 Å². The number of nitrogens with one attached hydrogen (secondary N) is 1. The summed E-state index contributed by atoms with van der Waals surface area (Å²) >= 11 is 0. The summed E-state index contributed by atoms with van der Waals surface area (Å²) in [6.07, 6.45) is -0.967. The summed E-state index contributed by atoms with van der Waals surface area (Å²) in [5.41, 5.74) is 2.53. The van der Waals surface area contributed by atoms with Gasteiger partial charge in [0, 0.05) is 11.1 Å². The third kappa shape index (κ3) is 3.06. The van der Waals surface area contributed by atoms with Gasteiger partial charge < -0.3 is 19.2 Å². The van der Waals surface area contributed by atoms with Gasteiger partial charge in [0.15, 0.2) is 11.9 Å². The highest BCUT2D eigenvalue weighted by molar-refractivity contribution is 6.06. The van der Waals surface area contributed by atoms with Crippen molar-refractivity contribution in [2.24, 2.45) is 0 Å². The zero-order valence-electron chi connectivity index (χ0n) is 14.8. The van der Waals surface area contributed by atoms with Gasteiger partial charge in [0.1, 0.15) is 16.9 Å². The van der Waals surface area contributed by atoms with E-state index in [1.807, 2.05) is 55.5 Å². The van der Waals surface area contributed by atoms with Crippen molar-refractivity contribution in [1.82, 2.24) is 0 Å². The van der Waals surface area contributed by atoms with Crippen LogP contribution in [0.1, 0.15) is 17.4 Å². The molecule has 1 unspecified atom stereocenters. The van der Waals surface area contributed by atoms with Gasteiger partial charge in [-0.3, -0.25) is 0 Å². The van der Waals surface area contributed by atoms with Crippen LogP contribution in [0.25, 0.3) is 11.0 Å². The molecule has 4 rings (SSSR count). The molecule has 27 heavy (non-hydrogen) atoms. The van der Waals surface area contributed by atoms with Crippen LogP contribution in [0.2, 0.25) is 0 Å². The molecule has 6 nitrogen and oxygen atoms in total. The predicted molar refractivity (Wildman–Crippen MR) is 98.9 cm³/mol. The van der Waals surface area contributed by atoms with Crippen LogP contribution in [0.5, 0.6) is 0 Å². The highest BCUT2D eigenvalue weighted by Crippen LogP contribution is 2.38. The first-order chi connectivity index (χ1) is 13.1. The number of hydrogen-bond acceptors (Lipinski definition) is 6. The van der Waals surface area contributed by atoms with E-state index in [4.69, 9.17) is 13.9 Å². The lowest BCUT2D eigenvalue weighted by Gasteiger charge is -2.10. The molecule has 0 fully saturated rings. The summed E-state index contributed by atoms with van der Waals surface area (Å²) in [6.45, 7) is 1.96. The Hall–Kier alpha value is -3.54. The van der Waals surface area contributed by atoms with E-state index in [0.717, 1.165) is 10.9 Å². The fourth-order valence-corrected chi connectivity index (χ4v) is 3.02. The number of furan rings is 1. The van der Waals surface area contributed by atoms with Crippen molar-refractivity contribution in [3.8, 4) is 0 Å². The van der Waals surface area contributed by atoms with Gasteiger partial charge in [-0.2, -0.15) is 0 Å². The lowest BCUT2D eigenvalue weighted by Crippen LogP contribution is -2.14. The summed E-state index contributed by atoms with van der Waals surface area (Å²) in [7, 11) is 1.26. The van der Waals surface area contributed by atoms with Gasteiger partial charge in [0.25, 0.3) is 0 Å². The normalized spacial score (nSPS) is 16.5. The van der Waals surface area contributed by atoms with E-state index in [1.165, 1.54) is 7.11 Å². The lowest BCUT2D eigenvalue weighted by molar-refractivity contribution is -0.142. The number of cyclic esters (lactones) is 1. The Balaban J connectivity index is 1.77. The lowest BCUT2D eigenvalue weighted by atomic mass is 10.1. The topological polar surface area (TPSA) is 77.8 Å². The molecule has 2 aromatic carbocycles. The molecule has 3 aromatic rings. The maximum atomic E-state index is 12.5. The molecule has 6 heteroatoms. The minimum Gasteiger partial charge on any atom is -0.465 e. The van der Waals surface area contributed by atoms with Gasteiger partial charge in [0.05, 0.1) is 7.11 Å². The third-order valence-electron chi connectivity index (χ3n) is 4.39. The molecular weight excluding hydrogens is 346 g/mol. The molecule has 1 aliphatic heterocycles. The van der Waals surface area contributed by atoms with Crippen LogP contribution < -0.4 is 5.32 Å². The molecule has 1 aliphatic rings. The summed E-state index contributed by atoms with van der Waals surface area (Å²) in [5.74, 6) is -0.923. The summed E-state index contributed by atoms with van der Waals surface area (Å²) in [6, 6.07) is 16.6. The second-order valence-corrected chi connectivity index (χ2v) is 6.24. The van der Waals surface area contributed by atoms with Crippen molar-refractivity contribution in [2.45, 2.75) is 13.0 Å². The Morgan fingerprint density at radius 3 is 2.56 bits per heavy atom. The summed E-state index contributed by atoms with van der Waals surface area (Å²) < 4.78 is 16.1. The quantitative estimate of drug-likeness (QED) is 0.709. The smallest absolute Gasteiger partial charge is 0.356 e. The molecule has 0 saturated carbocycles. The molecule has 1 aromatic heterocycles. The van der Waals surface area contributed by atoms with Gasteiger partial charge in [-0.15, -0.1) is 0 Å². The first-order valence-corrected chi connectivity index (χ1v) is 8.42. The number of fused-ring (bicyclic) bond motifs is 1. The number of carbonyl (C=O) groups excluding carboxylic acids is 2. The van der Waals surface area contributed by atoms with Gasteiger partial charge >= 0.3 is 11.9 Å². The van der Waals surface area contributed by atoms with E-state index in [1.54, 1.807) is 6.07 Å². The van der Waals surface area contributed by atoms with E-state index in [-0.39, 0.29) is 11.3 Å². The Bertz CT molecular complexity index is 1030. The van der Waals surface area contributed by atoms with Gasteiger partial charge in [0.2, 0.25) is 0 Å².